The Kier molecular flexibility index (Phi) is 6.28. The predicted octanol–water partition coefficient (Wildman–Crippen LogP) is 3.93. The summed E-state index contributed by atoms with van der Waals surface area (Å²) < 4.78 is 0. The molecule has 2 aromatic rings. The molecular formula is C24H26ClN3O3. The highest BCUT2D eigenvalue weighted by molar-refractivity contribution is 6.30. The van der Waals surface area contributed by atoms with E-state index in [-0.39, 0.29) is 36.2 Å². The van der Waals surface area contributed by atoms with Crippen LogP contribution in [0.5, 0.6) is 0 Å². The fourth-order valence-corrected chi connectivity index (χ4v) is 4.62. The molecule has 3 amide bonds. The minimum Gasteiger partial charge on any atom is -0.349 e. The lowest BCUT2D eigenvalue weighted by molar-refractivity contribution is -0.135. The van der Waals surface area contributed by atoms with Crippen molar-refractivity contribution in [3.05, 3.63) is 64.7 Å². The van der Waals surface area contributed by atoms with Gasteiger partial charge in [-0.1, -0.05) is 42.1 Å². The zero-order valence-electron chi connectivity index (χ0n) is 17.4. The van der Waals surface area contributed by atoms with E-state index in [1.54, 1.807) is 41.3 Å². The Hall–Kier alpha value is -2.86. The van der Waals surface area contributed by atoms with Gasteiger partial charge >= 0.3 is 0 Å². The van der Waals surface area contributed by atoms with Crippen LogP contribution in [-0.2, 0) is 9.59 Å². The highest BCUT2D eigenvalue weighted by atomic mass is 35.5. The summed E-state index contributed by atoms with van der Waals surface area (Å²) in [5, 5.41) is 6.43. The lowest BCUT2D eigenvalue weighted by Gasteiger charge is -2.48. The first kappa shape index (κ1) is 21.4. The normalized spacial score (nSPS) is 23.0. The van der Waals surface area contributed by atoms with Crippen LogP contribution in [0, 0.1) is 6.92 Å². The Labute approximate surface area is 187 Å². The predicted molar refractivity (Wildman–Crippen MR) is 120 cm³/mol. The van der Waals surface area contributed by atoms with Gasteiger partial charge in [0.05, 0.1) is 12.5 Å². The number of aryl methyl sites for hydroxylation is 1. The lowest BCUT2D eigenvalue weighted by Crippen LogP contribution is -2.68. The smallest absolute Gasteiger partial charge is 0.254 e. The van der Waals surface area contributed by atoms with Gasteiger partial charge in [-0.2, -0.15) is 0 Å². The quantitative estimate of drug-likeness (QED) is 0.757. The molecular weight excluding hydrogens is 414 g/mol. The molecule has 3 atom stereocenters. The highest BCUT2D eigenvalue weighted by Crippen LogP contribution is 2.31. The zero-order valence-corrected chi connectivity index (χ0v) is 18.2. The number of fused-ring (bicyclic) bond motifs is 1. The molecule has 31 heavy (non-hydrogen) atoms. The summed E-state index contributed by atoms with van der Waals surface area (Å²) in [5.74, 6) is -0.788. The van der Waals surface area contributed by atoms with Crippen molar-refractivity contribution >= 4 is 35.0 Å². The maximum Gasteiger partial charge on any atom is 0.254 e. The van der Waals surface area contributed by atoms with Crippen molar-refractivity contribution in [1.82, 2.24) is 10.2 Å². The van der Waals surface area contributed by atoms with Gasteiger partial charge in [0.15, 0.2) is 0 Å². The summed E-state index contributed by atoms with van der Waals surface area (Å²) in [5.41, 5.74) is 2.19. The van der Waals surface area contributed by atoms with Crippen LogP contribution in [0.15, 0.2) is 48.5 Å². The number of anilines is 1. The first-order valence-electron chi connectivity index (χ1n) is 10.7. The molecule has 1 heterocycles. The van der Waals surface area contributed by atoms with Gasteiger partial charge in [-0.3, -0.25) is 14.4 Å². The minimum absolute atomic E-state index is 0.0637. The molecule has 0 bridgehead atoms. The summed E-state index contributed by atoms with van der Waals surface area (Å²) in [7, 11) is 0. The molecule has 7 heteroatoms. The van der Waals surface area contributed by atoms with Gasteiger partial charge in [-0.15, -0.1) is 0 Å². The van der Waals surface area contributed by atoms with Crippen LogP contribution < -0.4 is 10.6 Å². The van der Waals surface area contributed by atoms with Crippen LogP contribution >= 0.6 is 11.6 Å². The molecule has 1 saturated heterocycles. The second-order valence-electron chi connectivity index (χ2n) is 8.32. The van der Waals surface area contributed by atoms with Gasteiger partial charge in [0.2, 0.25) is 11.8 Å². The van der Waals surface area contributed by atoms with Crippen molar-refractivity contribution in [3.63, 3.8) is 0 Å². The molecule has 0 aromatic heterocycles. The monoisotopic (exact) mass is 439 g/mol. The van der Waals surface area contributed by atoms with Gasteiger partial charge in [-0.25, -0.2) is 0 Å². The number of hydrogen-bond donors (Lipinski definition) is 2. The Balaban J connectivity index is 1.58. The van der Waals surface area contributed by atoms with E-state index in [1.807, 2.05) is 19.1 Å². The van der Waals surface area contributed by atoms with E-state index in [4.69, 9.17) is 11.6 Å². The lowest BCUT2D eigenvalue weighted by atomic mass is 9.84. The van der Waals surface area contributed by atoms with Gasteiger partial charge in [0.1, 0.15) is 6.04 Å². The average Bonchev–Trinajstić information content (AvgIpc) is 2.76. The standard InChI is InChI=1S/C24H26ClN3O3/c1-15-6-8-16(9-7-15)24(31)28-20-5-3-2-4-19(20)27-23(30)21(28)14-22(29)26-18-12-10-17(25)11-13-18/h6-13,19-21H,2-5,14H2,1H3,(H,26,29)(H,27,30)/t19-,20-,21+/m1/s1. The van der Waals surface area contributed by atoms with Crippen LogP contribution in [-0.4, -0.2) is 40.7 Å². The van der Waals surface area contributed by atoms with Gasteiger partial charge in [-0.05, 0) is 56.2 Å². The summed E-state index contributed by atoms with van der Waals surface area (Å²) in [6, 6.07) is 13.1. The largest absolute Gasteiger partial charge is 0.349 e. The average molecular weight is 440 g/mol. The van der Waals surface area contributed by atoms with Gasteiger partial charge < -0.3 is 15.5 Å². The Morgan fingerprint density at radius 2 is 1.74 bits per heavy atom. The van der Waals surface area contributed by atoms with Gasteiger partial charge in [0, 0.05) is 22.3 Å². The molecule has 2 aromatic carbocycles. The Morgan fingerprint density at radius 3 is 2.45 bits per heavy atom. The number of nitrogens with one attached hydrogen (secondary N) is 2. The third-order valence-electron chi connectivity index (χ3n) is 6.09. The van der Waals surface area contributed by atoms with Crippen molar-refractivity contribution in [3.8, 4) is 0 Å². The second kappa shape index (κ2) is 9.10. The maximum atomic E-state index is 13.5. The fraction of sp³-hybridized carbons (Fsp3) is 0.375. The van der Waals surface area contributed by atoms with Crippen LogP contribution in [0.2, 0.25) is 5.02 Å². The summed E-state index contributed by atoms with van der Waals surface area (Å²) in [6.07, 6.45) is 3.58. The molecule has 0 radical (unpaired) electrons. The van der Waals surface area contributed by atoms with Crippen molar-refractivity contribution in [1.29, 1.82) is 0 Å². The fourth-order valence-electron chi connectivity index (χ4n) is 4.50. The molecule has 6 nitrogen and oxygen atoms in total. The number of halogens is 1. The molecule has 2 N–H and O–H groups in total. The topological polar surface area (TPSA) is 78.5 Å². The number of rotatable bonds is 4. The molecule has 162 valence electrons. The number of hydrogen-bond acceptors (Lipinski definition) is 3. The molecule has 1 aliphatic heterocycles. The molecule has 2 aliphatic rings. The molecule has 0 spiro atoms. The molecule has 1 aliphatic carbocycles. The molecule has 4 rings (SSSR count). The number of carbonyl (C=O) groups excluding carboxylic acids is 3. The highest BCUT2D eigenvalue weighted by Gasteiger charge is 2.46. The number of nitrogens with zero attached hydrogens (tertiary/aromatic N) is 1. The van der Waals surface area contributed by atoms with E-state index < -0.39 is 6.04 Å². The number of carbonyl (C=O) groups is 3. The summed E-state index contributed by atoms with van der Waals surface area (Å²) in [4.78, 5) is 40.9. The first-order valence-corrected chi connectivity index (χ1v) is 11.1. The number of benzene rings is 2. The van der Waals surface area contributed by atoms with E-state index in [2.05, 4.69) is 10.6 Å². The van der Waals surface area contributed by atoms with E-state index in [1.165, 1.54) is 0 Å². The van der Waals surface area contributed by atoms with Crippen molar-refractivity contribution in [2.45, 2.75) is 57.2 Å². The minimum atomic E-state index is -0.847. The van der Waals surface area contributed by atoms with Crippen LogP contribution in [0.25, 0.3) is 0 Å². The molecule has 1 saturated carbocycles. The van der Waals surface area contributed by atoms with Crippen molar-refractivity contribution in [2.24, 2.45) is 0 Å². The van der Waals surface area contributed by atoms with Crippen molar-refractivity contribution in [2.75, 3.05) is 5.32 Å². The Morgan fingerprint density at radius 1 is 1.06 bits per heavy atom. The van der Waals surface area contributed by atoms with E-state index in [0.29, 0.717) is 16.3 Å². The van der Waals surface area contributed by atoms with Crippen molar-refractivity contribution < 1.29 is 14.4 Å². The number of piperazine rings is 1. The first-order chi connectivity index (χ1) is 14.9. The van der Waals surface area contributed by atoms with Crippen LogP contribution in [0.3, 0.4) is 0 Å². The summed E-state index contributed by atoms with van der Waals surface area (Å²) >= 11 is 5.90. The van der Waals surface area contributed by atoms with Crippen LogP contribution in [0.1, 0.15) is 48.0 Å². The number of amides is 3. The third-order valence-corrected chi connectivity index (χ3v) is 6.34. The van der Waals surface area contributed by atoms with E-state index in [9.17, 15) is 14.4 Å². The van der Waals surface area contributed by atoms with E-state index >= 15 is 0 Å². The summed E-state index contributed by atoms with van der Waals surface area (Å²) in [6.45, 7) is 1.96. The second-order valence-corrected chi connectivity index (χ2v) is 8.76. The maximum absolute atomic E-state index is 13.5. The van der Waals surface area contributed by atoms with E-state index in [0.717, 1.165) is 31.2 Å². The molecule has 0 unspecified atom stereocenters. The Bertz CT molecular complexity index is 975. The van der Waals surface area contributed by atoms with Crippen LogP contribution in [0.4, 0.5) is 5.69 Å². The SMILES string of the molecule is Cc1ccc(C(=O)N2[C@@H]3CCCC[C@H]3NC(=O)[C@@H]2CC(=O)Nc2ccc(Cl)cc2)cc1. The molecule has 2 fully saturated rings. The van der Waals surface area contributed by atoms with Gasteiger partial charge in [0.25, 0.3) is 5.91 Å². The third kappa shape index (κ3) is 4.74. The zero-order chi connectivity index (χ0) is 22.0.